The number of anilines is 1. The molecule has 2 saturated carbocycles. The number of carbonyl (C=O) groups excluding carboxylic acids is 1. The van der Waals surface area contributed by atoms with Crippen LogP contribution in [0.2, 0.25) is 0 Å². The van der Waals surface area contributed by atoms with Crippen LogP contribution in [-0.2, 0) is 11.2 Å². The van der Waals surface area contributed by atoms with Gasteiger partial charge in [0.05, 0.1) is 0 Å². The quantitative estimate of drug-likeness (QED) is 0.500. The molecule has 0 aliphatic heterocycles. The summed E-state index contributed by atoms with van der Waals surface area (Å²) >= 11 is 2.14. The second-order valence-electron chi connectivity index (χ2n) is 10.4. The van der Waals surface area contributed by atoms with Gasteiger partial charge in [0.1, 0.15) is 0 Å². The lowest BCUT2D eigenvalue weighted by Crippen LogP contribution is -2.24. The van der Waals surface area contributed by atoms with Crippen molar-refractivity contribution in [2.45, 2.75) is 96.1 Å². The van der Waals surface area contributed by atoms with E-state index >= 15 is 0 Å². The number of carbonyl (C=O) groups is 1. The zero-order chi connectivity index (χ0) is 20.7. The van der Waals surface area contributed by atoms with E-state index in [1.165, 1.54) is 69.1 Å². The van der Waals surface area contributed by atoms with Crippen LogP contribution in [0.25, 0.3) is 0 Å². The molecule has 0 radical (unpaired) electrons. The smallest absolute Gasteiger partial charge is 0.227 e. The third-order valence-electron chi connectivity index (χ3n) is 6.76. The predicted octanol–water partition coefficient (Wildman–Crippen LogP) is 7.48. The van der Waals surface area contributed by atoms with E-state index in [-0.39, 0.29) is 11.8 Å². The standard InChI is InChI=1S/C26H41NOS/c1-26(2,3)29-19-22-13-11-20(12-14-22)9-10-21-15-17-24(18-16-21)27-25(28)23-7-5-4-6-8-23/h15-18,20,22-23H,4-14,19H2,1-3H3,(H,27,28). The molecule has 2 aliphatic rings. The Morgan fingerprint density at radius 2 is 1.55 bits per heavy atom. The van der Waals surface area contributed by atoms with Crippen LogP contribution >= 0.6 is 11.8 Å². The maximum absolute atomic E-state index is 12.4. The minimum atomic E-state index is 0.221. The predicted molar refractivity (Wildman–Crippen MR) is 128 cm³/mol. The molecular weight excluding hydrogens is 374 g/mol. The molecule has 3 rings (SSSR count). The molecule has 29 heavy (non-hydrogen) atoms. The molecule has 2 fully saturated rings. The fourth-order valence-corrected chi connectivity index (χ4v) is 5.86. The van der Waals surface area contributed by atoms with Crippen molar-refractivity contribution in [2.75, 3.05) is 11.1 Å². The molecule has 2 nitrogen and oxygen atoms in total. The molecule has 1 N–H and O–H groups in total. The highest BCUT2D eigenvalue weighted by Crippen LogP contribution is 2.36. The average molecular weight is 416 g/mol. The van der Waals surface area contributed by atoms with Gasteiger partial charge in [-0.2, -0.15) is 11.8 Å². The molecule has 0 unspecified atom stereocenters. The van der Waals surface area contributed by atoms with Gasteiger partial charge >= 0.3 is 0 Å². The van der Waals surface area contributed by atoms with Crippen molar-refractivity contribution in [1.82, 2.24) is 0 Å². The van der Waals surface area contributed by atoms with E-state index in [1.807, 2.05) is 0 Å². The van der Waals surface area contributed by atoms with Gasteiger partial charge in [-0.3, -0.25) is 4.79 Å². The molecular formula is C26H41NOS. The number of amides is 1. The maximum Gasteiger partial charge on any atom is 0.227 e. The van der Waals surface area contributed by atoms with E-state index in [2.05, 4.69) is 62.1 Å². The molecule has 0 aromatic heterocycles. The van der Waals surface area contributed by atoms with E-state index in [9.17, 15) is 4.79 Å². The van der Waals surface area contributed by atoms with Gasteiger partial charge in [0.2, 0.25) is 5.91 Å². The van der Waals surface area contributed by atoms with Crippen molar-refractivity contribution in [2.24, 2.45) is 17.8 Å². The number of thioether (sulfide) groups is 1. The molecule has 0 atom stereocenters. The van der Waals surface area contributed by atoms with Crippen LogP contribution < -0.4 is 5.32 Å². The Morgan fingerprint density at radius 1 is 0.931 bits per heavy atom. The Kier molecular flexibility index (Phi) is 8.53. The van der Waals surface area contributed by atoms with Crippen molar-refractivity contribution in [3.8, 4) is 0 Å². The number of aryl methyl sites for hydroxylation is 1. The van der Waals surface area contributed by atoms with Gasteiger partial charge < -0.3 is 5.32 Å². The van der Waals surface area contributed by atoms with Gasteiger partial charge in [0.15, 0.2) is 0 Å². The molecule has 1 aromatic carbocycles. The summed E-state index contributed by atoms with van der Waals surface area (Å²) in [6.07, 6.45) is 13.9. The van der Waals surface area contributed by atoms with Gasteiger partial charge in [0, 0.05) is 16.4 Å². The van der Waals surface area contributed by atoms with Crippen LogP contribution in [0.5, 0.6) is 0 Å². The highest BCUT2D eigenvalue weighted by molar-refractivity contribution is 8.00. The normalized spacial score (nSPS) is 23.7. The first-order valence-electron chi connectivity index (χ1n) is 11.9. The van der Waals surface area contributed by atoms with E-state index in [0.717, 1.165) is 30.4 Å². The maximum atomic E-state index is 12.4. The van der Waals surface area contributed by atoms with E-state index in [1.54, 1.807) is 0 Å². The summed E-state index contributed by atoms with van der Waals surface area (Å²) in [5, 5.41) is 3.13. The van der Waals surface area contributed by atoms with E-state index < -0.39 is 0 Å². The monoisotopic (exact) mass is 415 g/mol. The lowest BCUT2D eigenvalue weighted by molar-refractivity contribution is -0.120. The fraction of sp³-hybridized carbons (Fsp3) is 0.731. The highest BCUT2D eigenvalue weighted by atomic mass is 32.2. The number of rotatable bonds is 7. The van der Waals surface area contributed by atoms with Crippen molar-refractivity contribution in [3.05, 3.63) is 29.8 Å². The van der Waals surface area contributed by atoms with Crippen LogP contribution in [0.4, 0.5) is 5.69 Å². The molecule has 2 aliphatic carbocycles. The minimum absolute atomic E-state index is 0.221. The lowest BCUT2D eigenvalue weighted by Gasteiger charge is -2.30. The number of benzene rings is 1. The first-order chi connectivity index (χ1) is 13.9. The summed E-state index contributed by atoms with van der Waals surface area (Å²) in [6.45, 7) is 6.99. The minimum Gasteiger partial charge on any atom is -0.326 e. The third-order valence-corrected chi connectivity index (χ3v) is 8.26. The summed E-state index contributed by atoms with van der Waals surface area (Å²) in [5.74, 6) is 3.61. The lowest BCUT2D eigenvalue weighted by atomic mass is 9.80. The zero-order valence-electron chi connectivity index (χ0n) is 18.8. The Balaban J connectivity index is 1.35. The van der Waals surface area contributed by atoms with E-state index in [4.69, 9.17) is 0 Å². The van der Waals surface area contributed by atoms with Gasteiger partial charge in [-0.1, -0.05) is 65.0 Å². The summed E-state index contributed by atoms with van der Waals surface area (Å²) in [5.41, 5.74) is 2.37. The highest BCUT2D eigenvalue weighted by Gasteiger charge is 2.23. The Bertz CT molecular complexity index is 619. The SMILES string of the molecule is CC(C)(C)SCC1CCC(CCc2ccc(NC(=O)C3CCCCC3)cc2)CC1. The fourth-order valence-electron chi connectivity index (χ4n) is 4.79. The molecule has 1 aromatic rings. The topological polar surface area (TPSA) is 29.1 Å². The summed E-state index contributed by atoms with van der Waals surface area (Å²) in [4.78, 5) is 12.4. The Hall–Kier alpha value is -0.960. The molecule has 0 spiro atoms. The second-order valence-corrected chi connectivity index (χ2v) is 12.2. The molecule has 162 valence electrons. The largest absolute Gasteiger partial charge is 0.326 e. The van der Waals surface area contributed by atoms with Gasteiger partial charge in [-0.15, -0.1) is 0 Å². The Labute approximate surface area is 183 Å². The van der Waals surface area contributed by atoms with Crippen LogP contribution in [0.3, 0.4) is 0 Å². The third kappa shape index (κ3) is 8.00. The summed E-state index contributed by atoms with van der Waals surface area (Å²) in [6, 6.07) is 8.61. The van der Waals surface area contributed by atoms with Crippen molar-refractivity contribution in [3.63, 3.8) is 0 Å². The van der Waals surface area contributed by atoms with Crippen LogP contribution in [0, 0.1) is 17.8 Å². The van der Waals surface area contributed by atoms with Crippen molar-refractivity contribution in [1.29, 1.82) is 0 Å². The Morgan fingerprint density at radius 3 is 2.17 bits per heavy atom. The van der Waals surface area contributed by atoms with Crippen LogP contribution in [0.15, 0.2) is 24.3 Å². The second kappa shape index (κ2) is 10.9. The van der Waals surface area contributed by atoms with E-state index in [0.29, 0.717) is 4.75 Å². The number of hydrogen-bond acceptors (Lipinski definition) is 2. The zero-order valence-corrected chi connectivity index (χ0v) is 19.7. The van der Waals surface area contributed by atoms with Gasteiger partial charge in [-0.25, -0.2) is 0 Å². The van der Waals surface area contributed by atoms with Gasteiger partial charge in [-0.05, 0) is 73.8 Å². The van der Waals surface area contributed by atoms with Gasteiger partial charge in [0.25, 0.3) is 0 Å². The van der Waals surface area contributed by atoms with Crippen molar-refractivity contribution >= 4 is 23.4 Å². The molecule has 3 heteroatoms. The molecule has 0 heterocycles. The average Bonchev–Trinajstić information content (AvgIpc) is 2.72. The number of hydrogen-bond donors (Lipinski definition) is 1. The summed E-state index contributed by atoms with van der Waals surface area (Å²) in [7, 11) is 0. The molecule has 0 saturated heterocycles. The van der Waals surface area contributed by atoms with Crippen molar-refractivity contribution < 1.29 is 4.79 Å². The van der Waals surface area contributed by atoms with Crippen LogP contribution in [-0.4, -0.2) is 16.4 Å². The summed E-state index contributed by atoms with van der Waals surface area (Å²) < 4.78 is 0.402. The number of nitrogens with one attached hydrogen (secondary N) is 1. The molecule has 0 bridgehead atoms. The van der Waals surface area contributed by atoms with Crippen LogP contribution in [0.1, 0.15) is 90.5 Å². The first-order valence-corrected chi connectivity index (χ1v) is 12.9. The molecule has 1 amide bonds. The first kappa shape index (κ1) is 22.7.